The van der Waals surface area contributed by atoms with Gasteiger partial charge in [-0.15, -0.1) is 0 Å². The number of benzene rings is 1. The number of halogens is 1. The molecule has 1 aromatic carbocycles. The maximum absolute atomic E-state index is 13.3. The maximum atomic E-state index is 13.3. The highest BCUT2D eigenvalue weighted by atomic mass is 35.5. The van der Waals surface area contributed by atoms with Crippen LogP contribution in [0.2, 0.25) is 5.02 Å². The second kappa shape index (κ2) is 8.72. The number of carbonyl (C=O) groups is 2. The predicted molar refractivity (Wildman–Crippen MR) is 132 cm³/mol. The van der Waals surface area contributed by atoms with Crippen LogP contribution in [0.25, 0.3) is 0 Å². The molecule has 5 fully saturated rings. The summed E-state index contributed by atoms with van der Waals surface area (Å²) in [6.07, 6.45) is 9.82. The second-order valence-corrected chi connectivity index (χ2v) is 12.2. The Bertz CT molecular complexity index is 942. The maximum Gasteiger partial charge on any atom is 0.317 e. The van der Waals surface area contributed by atoms with E-state index in [4.69, 9.17) is 16.3 Å². The summed E-state index contributed by atoms with van der Waals surface area (Å²) >= 11 is 6.74. The van der Waals surface area contributed by atoms with Crippen molar-refractivity contribution < 1.29 is 14.3 Å². The molecule has 7 rings (SSSR count). The molecular weight excluding hydrogens is 448 g/mol. The molecule has 1 aliphatic heterocycles. The molecular formula is C28H37ClN2O3. The molecule has 5 nitrogen and oxygen atoms in total. The van der Waals surface area contributed by atoms with Crippen LogP contribution in [0, 0.1) is 23.7 Å². The Morgan fingerprint density at radius 2 is 1.76 bits per heavy atom. The van der Waals surface area contributed by atoms with Gasteiger partial charge < -0.3 is 15.0 Å². The van der Waals surface area contributed by atoms with Crippen molar-refractivity contribution in [3.63, 3.8) is 0 Å². The van der Waals surface area contributed by atoms with E-state index in [0.29, 0.717) is 30.9 Å². The molecule has 2 amide bonds. The van der Waals surface area contributed by atoms with Crippen LogP contribution in [0.15, 0.2) is 18.2 Å². The molecule has 1 heterocycles. The van der Waals surface area contributed by atoms with Gasteiger partial charge in [-0.3, -0.25) is 4.79 Å². The van der Waals surface area contributed by atoms with E-state index in [9.17, 15) is 9.59 Å². The van der Waals surface area contributed by atoms with Crippen LogP contribution < -0.4 is 5.32 Å². The van der Waals surface area contributed by atoms with Crippen molar-refractivity contribution >= 4 is 23.6 Å². The quantitative estimate of drug-likeness (QED) is 0.562. The van der Waals surface area contributed by atoms with E-state index in [2.05, 4.69) is 11.4 Å². The number of ether oxygens (including phenoxy) is 1. The van der Waals surface area contributed by atoms with Gasteiger partial charge in [-0.1, -0.05) is 23.7 Å². The van der Waals surface area contributed by atoms with Gasteiger partial charge in [0.2, 0.25) is 0 Å². The average Bonchev–Trinajstić information content (AvgIpc) is 3.10. The van der Waals surface area contributed by atoms with Crippen LogP contribution in [0.5, 0.6) is 0 Å². The molecule has 1 unspecified atom stereocenters. The van der Waals surface area contributed by atoms with Crippen LogP contribution >= 0.6 is 11.6 Å². The van der Waals surface area contributed by atoms with Gasteiger partial charge in [0.1, 0.15) is 0 Å². The molecule has 1 saturated heterocycles. The van der Waals surface area contributed by atoms with Gasteiger partial charge in [-0.2, -0.15) is 0 Å². The van der Waals surface area contributed by atoms with Gasteiger partial charge in [-0.05, 0) is 105 Å². The zero-order chi connectivity index (χ0) is 23.4. The van der Waals surface area contributed by atoms with Gasteiger partial charge in [-0.25, -0.2) is 4.79 Å². The van der Waals surface area contributed by atoms with Crippen molar-refractivity contribution in [2.24, 2.45) is 23.7 Å². The number of urea groups is 1. The Morgan fingerprint density at radius 1 is 1.09 bits per heavy atom. The lowest BCUT2D eigenvalue weighted by molar-refractivity contribution is -0.143. The van der Waals surface area contributed by atoms with Gasteiger partial charge in [0.25, 0.3) is 0 Å². The van der Waals surface area contributed by atoms with Crippen molar-refractivity contribution in [3.05, 3.63) is 34.3 Å². The summed E-state index contributed by atoms with van der Waals surface area (Å²) in [7, 11) is 0. The number of hydrogen-bond acceptors (Lipinski definition) is 3. The average molecular weight is 485 g/mol. The van der Waals surface area contributed by atoms with Crippen LogP contribution in [0.4, 0.5) is 4.79 Å². The molecule has 1 atom stereocenters. The van der Waals surface area contributed by atoms with Gasteiger partial charge in [0.05, 0.1) is 13.0 Å². The Morgan fingerprint density at radius 3 is 2.41 bits per heavy atom. The van der Waals surface area contributed by atoms with E-state index >= 15 is 0 Å². The standard InChI is InChI=1S/C28H37ClN2O3/c1-2-34-24(32)15-21-16-28(25-22(21)4-3-5-23(25)29)6-8-31(9-7-28)27(33)30-26-19-11-17-10-18(13-19)14-20(26)12-17/h3-5,17-21,26H,2,6-16H2,1H3,(H,30,33). The molecule has 34 heavy (non-hydrogen) atoms. The third-order valence-corrected chi connectivity index (χ3v) is 10.2. The van der Waals surface area contributed by atoms with Gasteiger partial charge in [0, 0.05) is 29.6 Å². The van der Waals surface area contributed by atoms with Gasteiger partial charge >= 0.3 is 12.0 Å². The van der Waals surface area contributed by atoms with Crippen LogP contribution in [0.1, 0.15) is 81.8 Å². The van der Waals surface area contributed by atoms with Crippen molar-refractivity contribution in [2.45, 2.75) is 82.1 Å². The van der Waals surface area contributed by atoms with Crippen LogP contribution in [0.3, 0.4) is 0 Å². The van der Waals surface area contributed by atoms with Crippen LogP contribution in [-0.2, 0) is 14.9 Å². The zero-order valence-corrected chi connectivity index (χ0v) is 21.0. The summed E-state index contributed by atoms with van der Waals surface area (Å²) in [5.41, 5.74) is 2.36. The minimum absolute atomic E-state index is 0.0513. The summed E-state index contributed by atoms with van der Waals surface area (Å²) in [6.45, 7) is 3.75. The lowest BCUT2D eigenvalue weighted by atomic mass is 9.54. The van der Waals surface area contributed by atoms with E-state index in [1.165, 1.54) is 43.2 Å². The predicted octanol–water partition coefficient (Wildman–Crippen LogP) is 5.65. The van der Waals surface area contributed by atoms with E-state index in [0.717, 1.165) is 49.2 Å². The SMILES string of the molecule is CCOC(=O)CC1CC2(CCN(C(=O)NC3C4CC5CC(C4)CC3C5)CC2)c2c(Cl)cccc21. The molecule has 5 aliphatic carbocycles. The van der Waals surface area contributed by atoms with E-state index in [-0.39, 0.29) is 23.3 Å². The van der Waals surface area contributed by atoms with E-state index in [1.807, 2.05) is 24.0 Å². The molecule has 4 saturated carbocycles. The Balaban J connectivity index is 1.13. The molecule has 0 aromatic heterocycles. The topological polar surface area (TPSA) is 58.6 Å². The number of esters is 1. The Hall–Kier alpha value is -1.75. The lowest BCUT2D eigenvalue weighted by Gasteiger charge is -2.54. The highest BCUT2D eigenvalue weighted by molar-refractivity contribution is 6.31. The first-order valence-electron chi connectivity index (χ1n) is 13.5. The van der Waals surface area contributed by atoms with Crippen molar-refractivity contribution in [1.29, 1.82) is 0 Å². The Kier molecular flexibility index (Phi) is 5.82. The number of hydrogen-bond donors (Lipinski definition) is 1. The minimum atomic E-state index is -0.136. The summed E-state index contributed by atoms with van der Waals surface area (Å²) in [5, 5.41) is 4.29. The molecule has 1 aromatic rings. The highest BCUT2D eigenvalue weighted by Crippen LogP contribution is 2.56. The number of likely N-dealkylation sites (tertiary alicyclic amines) is 1. The van der Waals surface area contributed by atoms with Crippen molar-refractivity contribution in [3.8, 4) is 0 Å². The summed E-state index contributed by atoms with van der Waals surface area (Å²) in [4.78, 5) is 27.6. The van der Waals surface area contributed by atoms with Gasteiger partial charge in [0.15, 0.2) is 0 Å². The largest absolute Gasteiger partial charge is 0.466 e. The number of rotatable bonds is 4. The first kappa shape index (κ1) is 22.7. The number of nitrogens with zero attached hydrogens (tertiary/aromatic N) is 1. The molecule has 4 bridgehead atoms. The fourth-order valence-electron chi connectivity index (χ4n) is 8.71. The fourth-order valence-corrected chi connectivity index (χ4v) is 9.10. The number of fused-ring (bicyclic) bond motifs is 2. The third-order valence-electron chi connectivity index (χ3n) is 9.90. The summed E-state index contributed by atoms with van der Waals surface area (Å²) < 4.78 is 5.25. The minimum Gasteiger partial charge on any atom is -0.466 e. The van der Waals surface area contributed by atoms with Crippen LogP contribution in [-0.4, -0.2) is 42.6 Å². The normalized spacial score (nSPS) is 34.8. The highest BCUT2D eigenvalue weighted by Gasteiger charge is 2.50. The second-order valence-electron chi connectivity index (χ2n) is 11.8. The summed E-state index contributed by atoms with van der Waals surface area (Å²) in [5.74, 6) is 3.23. The first-order chi connectivity index (χ1) is 16.5. The zero-order valence-electron chi connectivity index (χ0n) is 20.2. The number of amides is 2. The third kappa shape index (κ3) is 3.83. The number of nitrogens with one attached hydrogen (secondary N) is 1. The van der Waals surface area contributed by atoms with Crippen molar-refractivity contribution in [2.75, 3.05) is 19.7 Å². The number of piperidine rings is 1. The molecule has 0 radical (unpaired) electrons. The fraction of sp³-hybridized carbons (Fsp3) is 0.714. The number of carbonyl (C=O) groups excluding carboxylic acids is 2. The monoisotopic (exact) mass is 484 g/mol. The molecule has 6 heteroatoms. The molecule has 184 valence electrons. The molecule has 1 spiro atoms. The molecule has 1 N–H and O–H groups in total. The van der Waals surface area contributed by atoms with Crippen molar-refractivity contribution in [1.82, 2.24) is 10.2 Å². The lowest BCUT2D eigenvalue weighted by Crippen LogP contribution is -2.59. The Labute approximate surface area is 207 Å². The summed E-state index contributed by atoms with van der Waals surface area (Å²) in [6, 6.07) is 6.61. The first-order valence-corrected chi connectivity index (χ1v) is 13.8. The smallest absolute Gasteiger partial charge is 0.317 e. The van der Waals surface area contributed by atoms with E-state index in [1.54, 1.807) is 0 Å². The molecule has 6 aliphatic rings. The van der Waals surface area contributed by atoms with E-state index < -0.39 is 0 Å².